The maximum absolute atomic E-state index is 12.9. The number of benzene rings is 2. The van der Waals surface area contributed by atoms with Crippen molar-refractivity contribution in [2.24, 2.45) is 0 Å². The van der Waals surface area contributed by atoms with Gasteiger partial charge in [0.15, 0.2) is 0 Å². The number of hydrogen-bond acceptors (Lipinski definition) is 4. The summed E-state index contributed by atoms with van der Waals surface area (Å²) in [6.45, 7) is 0.899. The zero-order valence-electron chi connectivity index (χ0n) is 18.1. The Balaban J connectivity index is 1.55. The second-order valence-electron chi connectivity index (χ2n) is 7.36. The van der Waals surface area contributed by atoms with E-state index in [1.807, 2.05) is 60.7 Å². The van der Waals surface area contributed by atoms with Gasteiger partial charge in [0.25, 0.3) is 5.91 Å². The number of rotatable bonds is 11. The van der Waals surface area contributed by atoms with Crippen LogP contribution < -0.4 is 4.74 Å². The number of amides is 1. The SMILES string of the molecule is CN(Cc1ccccc1OCC/C=C/CCC(=O)O)C(=O)c1ccc(-c2ccco2)cc1. The summed E-state index contributed by atoms with van der Waals surface area (Å²) in [4.78, 5) is 25.1. The van der Waals surface area contributed by atoms with Crippen molar-refractivity contribution in [1.29, 1.82) is 0 Å². The molecule has 2 aromatic carbocycles. The van der Waals surface area contributed by atoms with Gasteiger partial charge in [-0.3, -0.25) is 9.59 Å². The van der Waals surface area contributed by atoms with E-state index < -0.39 is 5.97 Å². The first-order valence-electron chi connectivity index (χ1n) is 10.5. The summed E-state index contributed by atoms with van der Waals surface area (Å²) in [7, 11) is 1.77. The fraction of sp³-hybridized carbons (Fsp3) is 0.231. The van der Waals surface area contributed by atoms with Crippen LogP contribution in [0.1, 0.15) is 35.2 Å². The largest absolute Gasteiger partial charge is 0.493 e. The van der Waals surface area contributed by atoms with Gasteiger partial charge in [0.1, 0.15) is 11.5 Å². The molecule has 1 N–H and O–H groups in total. The number of nitrogens with zero attached hydrogens (tertiary/aromatic N) is 1. The molecule has 0 saturated heterocycles. The van der Waals surface area contributed by atoms with Crippen molar-refractivity contribution in [3.05, 3.63) is 90.2 Å². The smallest absolute Gasteiger partial charge is 0.303 e. The van der Waals surface area contributed by atoms with E-state index in [2.05, 4.69) is 0 Å². The minimum Gasteiger partial charge on any atom is -0.493 e. The van der Waals surface area contributed by atoms with Crippen molar-refractivity contribution in [2.45, 2.75) is 25.8 Å². The molecule has 1 aromatic heterocycles. The van der Waals surface area contributed by atoms with Crippen molar-refractivity contribution < 1.29 is 23.8 Å². The highest BCUT2D eigenvalue weighted by Crippen LogP contribution is 2.23. The third kappa shape index (κ3) is 6.60. The number of hydrogen-bond donors (Lipinski definition) is 1. The fourth-order valence-corrected chi connectivity index (χ4v) is 3.22. The number of carboxylic acid groups (broad SMARTS) is 1. The molecule has 0 aliphatic rings. The van der Waals surface area contributed by atoms with Crippen molar-refractivity contribution in [1.82, 2.24) is 4.90 Å². The summed E-state index contributed by atoms with van der Waals surface area (Å²) in [6.07, 6.45) is 6.73. The van der Waals surface area contributed by atoms with Crippen LogP contribution in [-0.2, 0) is 11.3 Å². The van der Waals surface area contributed by atoms with E-state index >= 15 is 0 Å². The molecule has 3 aromatic rings. The molecule has 3 rings (SSSR count). The third-order valence-electron chi connectivity index (χ3n) is 4.90. The van der Waals surface area contributed by atoms with E-state index in [9.17, 15) is 9.59 Å². The standard InChI is InChI=1S/C26H27NO5/c1-27(26(30)21-15-13-20(14-16-21)23-11-8-18-32-23)19-22-9-5-6-10-24(22)31-17-7-3-2-4-12-25(28)29/h2-3,5-6,8-11,13-16,18H,4,7,12,17,19H2,1H3,(H,28,29)/b3-2+. The fourth-order valence-electron chi connectivity index (χ4n) is 3.22. The summed E-state index contributed by atoms with van der Waals surface area (Å²) >= 11 is 0. The average molecular weight is 434 g/mol. The third-order valence-corrected chi connectivity index (χ3v) is 4.90. The van der Waals surface area contributed by atoms with Crippen LogP contribution in [0.25, 0.3) is 11.3 Å². The van der Waals surface area contributed by atoms with Crippen LogP contribution in [0.2, 0.25) is 0 Å². The lowest BCUT2D eigenvalue weighted by Gasteiger charge is -2.19. The molecule has 166 valence electrons. The van der Waals surface area contributed by atoms with Crippen LogP contribution in [0.5, 0.6) is 5.75 Å². The summed E-state index contributed by atoms with van der Waals surface area (Å²) in [5.74, 6) is 0.624. The number of ether oxygens (including phenoxy) is 1. The molecular weight excluding hydrogens is 406 g/mol. The maximum atomic E-state index is 12.9. The van der Waals surface area contributed by atoms with Gasteiger partial charge in [0.2, 0.25) is 0 Å². The second-order valence-corrected chi connectivity index (χ2v) is 7.36. The van der Waals surface area contributed by atoms with E-state index in [4.69, 9.17) is 14.3 Å². The molecule has 0 aliphatic heterocycles. The summed E-state index contributed by atoms with van der Waals surface area (Å²) in [6, 6.07) is 18.7. The van der Waals surface area contributed by atoms with Gasteiger partial charge in [-0.25, -0.2) is 0 Å². The predicted octanol–water partition coefficient (Wildman–Crippen LogP) is 5.41. The van der Waals surface area contributed by atoms with Crippen LogP contribution in [0.4, 0.5) is 0 Å². The molecule has 0 aliphatic carbocycles. The molecule has 1 amide bonds. The van der Waals surface area contributed by atoms with Crippen molar-refractivity contribution >= 4 is 11.9 Å². The highest BCUT2D eigenvalue weighted by atomic mass is 16.5. The van der Waals surface area contributed by atoms with E-state index in [0.29, 0.717) is 31.6 Å². The van der Waals surface area contributed by atoms with E-state index in [1.54, 1.807) is 30.3 Å². The normalized spacial score (nSPS) is 10.9. The summed E-state index contributed by atoms with van der Waals surface area (Å²) in [5, 5.41) is 8.64. The highest BCUT2D eigenvalue weighted by Gasteiger charge is 2.14. The van der Waals surface area contributed by atoms with Crippen LogP contribution >= 0.6 is 0 Å². The molecule has 6 nitrogen and oxygen atoms in total. The molecule has 1 heterocycles. The van der Waals surface area contributed by atoms with Crippen LogP contribution in [0.15, 0.2) is 83.5 Å². The number of carboxylic acids is 1. The number of furan rings is 1. The number of carbonyl (C=O) groups excluding carboxylic acids is 1. The van der Waals surface area contributed by atoms with Gasteiger partial charge in [0.05, 0.1) is 12.9 Å². The van der Waals surface area contributed by atoms with Gasteiger partial charge in [-0.05, 0) is 43.2 Å². The lowest BCUT2D eigenvalue weighted by atomic mass is 10.1. The molecule has 6 heteroatoms. The first-order valence-corrected chi connectivity index (χ1v) is 10.5. The number of aliphatic carboxylic acids is 1. The van der Waals surface area contributed by atoms with Gasteiger partial charge in [-0.2, -0.15) is 0 Å². The Hall–Kier alpha value is -3.80. The van der Waals surface area contributed by atoms with Crippen molar-refractivity contribution in [3.63, 3.8) is 0 Å². The molecular formula is C26H27NO5. The van der Waals surface area contributed by atoms with Crippen LogP contribution in [0, 0.1) is 0 Å². The summed E-state index contributed by atoms with van der Waals surface area (Å²) in [5.41, 5.74) is 2.45. The van der Waals surface area contributed by atoms with E-state index in [-0.39, 0.29) is 12.3 Å². The quantitative estimate of drug-likeness (QED) is 0.323. The average Bonchev–Trinajstić information content (AvgIpc) is 3.34. The Kier molecular flexibility index (Phi) is 8.26. The molecule has 0 atom stereocenters. The molecule has 0 bridgehead atoms. The molecule has 0 saturated carbocycles. The van der Waals surface area contributed by atoms with Gasteiger partial charge < -0.3 is 19.2 Å². The van der Waals surface area contributed by atoms with Crippen molar-refractivity contribution in [2.75, 3.05) is 13.7 Å². The molecule has 0 spiro atoms. The first-order chi connectivity index (χ1) is 15.5. The molecule has 0 fully saturated rings. The zero-order chi connectivity index (χ0) is 22.8. The zero-order valence-corrected chi connectivity index (χ0v) is 18.1. The van der Waals surface area contributed by atoms with Crippen molar-refractivity contribution in [3.8, 4) is 17.1 Å². The molecule has 0 radical (unpaired) electrons. The van der Waals surface area contributed by atoms with Gasteiger partial charge in [-0.15, -0.1) is 0 Å². The summed E-state index contributed by atoms with van der Waals surface area (Å²) < 4.78 is 11.3. The minimum atomic E-state index is -0.799. The van der Waals surface area contributed by atoms with E-state index in [0.717, 1.165) is 22.6 Å². The Morgan fingerprint density at radius 2 is 1.75 bits per heavy atom. The molecule has 0 unspecified atom stereocenters. The first kappa shape index (κ1) is 22.9. The topological polar surface area (TPSA) is 80.0 Å². The lowest BCUT2D eigenvalue weighted by molar-refractivity contribution is -0.136. The van der Waals surface area contributed by atoms with Gasteiger partial charge in [-0.1, -0.05) is 42.5 Å². The second kappa shape index (κ2) is 11.6. The molecule has 32 heavy (non-hydrogen) atoms. The van der Waals surface area contributed by atoms with Gasteiger partial charge in [0, 0.05) is 36.7 Å². The predicted molar refractivity (Wildman–Crippen MR) is 123 cm³/mol. The van der Waals surface area contributed by atoms with E-state index in [1.165, 1.54) is 0 Å². The number of para-hydroxylation sites is 1. The Morgan fingerprint density at radius 1 is 1.00 bits per heavy atom. The Labute approximate surface area is 187 Å². The lowest BCUT2D eigenvalue weighted by Crippen LogP contribution is -2.26. The van der Waals surface area contributed by atoms with Crippen LogP contribution in [0.3, 0.4) is 0 Å². The van der Waals surface area contributed by atoms with Crippen LogP contribution in [-0.4, -0.2) is 35.5 Å². The Bertz CT molecular complexity index is 1040. The number of allylic oxidation sites excluding steroid dienone is 1. The van der Waals surface area contributed by atoms with Gasteiger partial charge >= 0.3 is 5.97 Å². The Morgan fingerprint density at radius 3 is 2.47 bits per heavy atom. The maximum Gasteiger partial charge on any atom is 0.303 e. The monoisotopic (exact) mass is 433 g/mol. The minimum absolute atomic E-state index is 0.0767. The highest BCUT2D eigenvalue weighted by molar-refractivity contribution is 5.94. The number of carbonyl (C=O) groups is 2.